The maximum Gasteiger partial charge on any atom is 0.337 e. The second-order valence-corrected chi connectivity index (χ2v) is 5.10. The Morgan fingerprint density at radius 2 is 2.06 bits per heavy atom. The molecular formula is C14H19NO2. The van der Waals surface area contributed by atoms with E-state index in [9.17, 15) is 9.90 Å². The normalized spacial score (nSPS) is 15.0. The summed E-state index contributed by atoms with van der Waals surface area (Å²) in [6.45, 7) is 5.26. The predicted molar refractivity (Wildman–Crippen MR) is 68.6 cm³/mol. The van der Waals surface area contributed by atoms with Gasteiger partial charge in [0.25, 0.3) is 0 Å². The number of carbonyl (C=O) groups is 1. The Balaban J connectivity index is 2.31. The zero-order valence-corrected chi connectivity index (χ0v) is 10.4. The molecule has 0 unspecified atom stereocenters. The third-order valence-electron chi connectivity index (χ3n) is 2.99. The van der Waals surface area contributed by atoms with E-state index in [4.69, 9.17) is 0 Å². The van der Waals surface area contributed by atoms with E-state index in [1.807, 2.05) is 12.1 Å². The molecule has 2 rings (SSSR count). The lowest BCUT2D eigenvalue weighted by Gasteiger charge is -2.28. The van der Waals surface area contributed by atoms with Gasteiger partial charge < -0.3 is 10.0 Å². The van der Waals surface area contributed by atoms with E-state index < -0.39 is 5.97 Å². The monoisotopic (exact) mass is 233 g/mol. The molecule has 1 aromatic rings. The number of rotatable bonds is 5. The van der Waals surface area contributed by atoms with Gasteiger partial charge in [-0.25, -0.2) is 4.79 Å². The molecule has 3 nitrogen and oxygen atoms in total. The highest BCUT2D eigenvalue weighted by Crippen LogP contribution is 2.34. The van der Waals surface area contributed by atoms with Gasteiger partial charge in [0.15, 0.2) is 0 Å². The lowest BCUT2D eigenvalue weighted by molar-refractivity contribution is 0.0697. The highest BCUT2D eigenvalue weighted by molar-refractivity contribution is 5.94. The number of para-hydroxylation sites is 1. The van der Waals surface area contributed by atoms with Crippen LogP contribution in [0, 0.1) is 5.92 Å². The van der Waals surface area contributed by atoms with Crippen molar-refractivity contribution in [1.82, 2.24) is 0 Å². The van der Waals surface area contributed by atoms with E-state index in [0.717, 1.165) is 12.2 Å². The molecular weight excluding hydrogens is 214 g/mol. The van der Waals surface area contributed by atoms with Crippen molar-refractivity contribution >= 4 is 11.7 Å². The molecule has 17 heavy (non-hydrogen) atoms. The quantitative estimate of drug-likeness (QED) is 0.849. The first-order valence-electron chi connectivity index (χ1n) is 6.18. The van der Waals surface area contributed by atoms with Gasteiger partial charge in [-0.05, 0) is 30.9 Å². The molecule has 0 atom stereocenters. The first-order chi connectivity index (χ1) is 8.09. The average Bonchev–Trinajstić information content (AvgIpc) is 3.09. The van der Waals surface area contributed by atoms with Crippen molar-refractivity contribution < 1.29 is 9.90 Å². The van der Waals surface area contributed by atoms with Crippen LogP contribution in [0.5, 0.6) is 0 Å². The van der Waals surface area contributed by atoms with Crippen LogP contribution in [0.2, 0.25) is 0 Å². The lowest BCUT2D eigenvalue weighted by atomic mass is 10.1. The van der Waals surface area contributed by atoms with Crippen molar-refractivity contribution in [2.75, 3.05) is 11.4 Å². The number of aromatic carboxylic acids is 1. The van der Waals surface area contributed by atoms with E-state index in [1.54, 1.807) is 12.1 Å². The minimum absolute atomic E-state index is 0.417. The summed E-state index contributed by atoms with van der Waals surface area (Å²) in [5.41, 5.74) is 1.29. The van der Waals surface area contributed by atoms with E-state index in [1.165, 1.54) is 12.8 Å². The molecule has 0 aromatic heterocycles. The summed E-state index contributed by atoms with van der Waals surface area (Å²) in [7, 11) is 0. The van der Waals surface area contributed by atoms with E-state index in [-0.39, 0.29) is 0 Å². The molecule has 0 radical (unpaired) electrons. The SMILES string of the molecule is CC(C)CN(c1ccccc1C(=O)O)C1CC1. The van der Waals surface area contributed by atoms with Crippen LogP contribution in [0.4, 0.5) is 5.69 Å². The summed E-state index contributed by atoms with van der Waals surface area (Å²) < 4.78 is 0. The number of nitrogens with zero attached hydrogens (tertiary/aromatic N) is 1. The van der Waals surface area contributed by atoms with Crippen molar-refractivity contribution in [3.63, 3.8) is 0 Å². The molecule has 0 heterocycles. The molecule has 92 valence electrons. The predicted octanol–water partition coefficient (Wildman–Crippen LogP) is 3.01. The smallest absolute Gasteiger partial charge is 0.337 e. The van der Waals surface area contributed by atoms with Crippen molar-refractivity contribution in [3.8, 4) is 0 Å². The van der Waals surface area contributed by atoms with Crippen LogP contribution in [-0.2, 0) is 0 Å². The Morgan fingerprint density at radius 1 is 1.41 bits per heavy atom. The topological polar surface area (TPSA) is 40.5 Å². The molecule has 0 saturated heterocycles. The van der Waals surface area contributed by atoms with E-state index >= 15 is 0 Å². The van der Waals surface area contributed by atoms with Crippen molar-refractivity contribution in [3.05, 3.63) is 29.8 Å². The van der Waals surface area contributed by atoms with Crippen molar-refractivity contribution in [1.29, 1.82) is 0 Å². The molecule has 0 amide bonds. The molecule has 1 aromatic carbocycles. The van der Waals surface area contributed by atoms with Gasteiger partial charge in [0.2, 0.25) is 0 Å². The first kappa shape index (κ1) is 12.0. The molecule has 0 spiro atoms. The lowest BCUT2D eigenvalue weighted by Crippen LogP contribution is -2.31. The Morgan fingerprint density at radius 3 is 2.59 bits per heavy atom. The first-order valence-corrected chi connectivity index (χ1v) is 6.18. The number of carboxylic acids is 1. The second kappa shape index (κ2) is 4.78. The van der Waals surface area contributed by atoms with Crippen LogP contribution in [0.15, 0.2) is 24.3 Å². The number of hydrogen-bond acceptors (Lipinski definition) is 2. The maximum atomic E-state index is 11.2. The number of hydrogen-bond donors (Lipinski definition) is 1. The van der Waals surface area contributed by atoms with Gasteiger partial charge in [-0.15, -0.1) is 0 Å². The van der Waals surface area contributed by atoms with Crippen LogP contribution >= 0.6 is 0 Å². The summed E-state index contributed by atoms with van der Waals surface area (Å²) in [6.07, 6.45) is 2.36. The largest absolute Gasteiger partial charge is 0.478 e. The molecule has 1 N–H and O–H groups in total. The Hall–Kier alpha value is -1.51. The fourth-order valence-corrected chi connectivity index (χ4v) is 2.13. The minimum atomic E-state index is -0.838. The van der Waals surface area contributed by atoms with Crippen LogP contribution in [-0.4, -0.2) is 23.7 Å². The van der Waals surface area contributed by atoms with Gasteiger partial charge in [-0.3, -0.25) is 0 Å². The van der Waals surface area contributed by atoms with Crippen molar-refractivity contribution in [2.24, 2.45) is 5.92 Å². The van der Waals surface area contributed by atoms with Gasteiger partial charge in [0.05, 0.1) is 11.3 Å². The molecule has 1 aliphatic rings. The van der Waals surface area contributed by atoms with Crippen LogP contribution < -0.4 is 4.90 Å². The molecule has 0 bridgehead atoms. The van der Waals surface area contributed by atoms with E-state index in [0.29, 0.717) is 17.5 Å². The van der Waals surface area contributed by atoms with Gasteiger partial charge in [-0.1, -0.05) is 26.0 Å². The van der Waals surface area contributed by atoms with Crippen LogP contribution in [0.1, 0.15) is 37.0 Å². The number of carboxylic acid groups (broad SMARTS) is 1. The molecule has 0 aliphatic heterocycles. The molecule has 3 heteroatoms. The standard InChI is InChI=1S/C14H19NO2/c1-10(2)9-15(11-7-8-11)13-6-4-3-5-12(13)14(16)17/h3-6,10-11H,7-9H2,1-2H3,(H,16,17). The van der Waals surface area contributed by atoms with Crippen molar-refractivity contribution in [2.45, 2.75) is 32.7 Å². The summed E-state index contributed by atoms with van der Waals surface area (Å²) in [5, 5.41) is 9.22. The summed E-state index contributed by atoms with van der Waals surface area (Å²) in [4.78, 5) is 13.5. The second-order valence-electron chi connectivity index (χ2n) is 5.10. The van der Waals surface area contributed by atoms with Crippen LogP contribution in [0.3, 0.4) is 0 Å². The van der Waals surface area contributed by atoms with Gasteiger partial charge in [0.1, 0.15) is 0 Å². The zero-order chi connectivity index (χ0) is 12.4. The fourth-order valence-electron chi connectivity index (χ4n) is 2.13. The highest BCUT2D eigenvalue weighted by atomic mass is 16.4. The van der Waals surface area contributed by atoms with Gasteiger partial charge in [-0.2, -0.15) is 0 Å². The Kier molecular flexibility index (Phi) is 3.36. The summed E-state index contributed by atoms with van der Waals surface area (Å²) in [5.74, 6) is -0.299. The number of anilines is 1. The summed E-state index contributed by atoms with van der Waals surface area (Å²) >= 11 is 0. The molecule has 1 aliphatic carbocycles. The summed E-state index contributed by atoms with van der Waals surface area (Å²) in [6, 6.07) is 7.85. The fraction of sp³-hybridized carbons (Fsp3) is 0.500. The molecule has 1 fully saturated rings. The Bertz CT molecular complexity index is 410. The van der Waals surface area contributed by atoms with Gasteiger partial charge >= 0.3 is 5.97 Å². The maximum absolute atomic E-state index is 11.2. The average molecular weight is 233 g/mol. The number of benzene rings is 1. The van der Waals surface area contributed by atoms with Gasteiger partial charge in [0, 0.05) is 12.6 Å². The molecule has 1 saturated carbocycles. The third-order valence-corrected chi connectivity index (χ3v) is 2.99. The minimum Gasteiger partial charge on any atom is -0.478 e. The third kappa shape index (κ3) is 2.78. The zero-order valence-electron chi connectivity index (χ0n) is 10.4. The van der Waals surface area contributed by atoms with E-state index in [2.05, 4.69) is 18.7 Å². The highest BCUT2D eigenvalue weighted by Gasteiger charge is 2.31. The van der Waals surface area contributed by atoms with Crippen LogP contribution in [0.25, 0.3) is 0 Å². The Labute approximate surface area is 102 Å².